The summed E-state index contributed by atoms with van der Waals surface area (Å²) in [4.78, 5) is 6.92. The van der Waals surface area contributed by atoms with Crippen molar-refractivity contribution in [1.29, 1.82) is 0 Å². The highest BCUT2D eigenvalue weighted by molar-refractivity contribution is 5.52. The Balaban J connectivity index is 3.14. The average Bonchev–Trinajstić information content (AvgIpc) is 2.37. The molecule has 0 fully saturated rings. The number of methoxy groups -OCH3 is 1. The van der Waals surface area contributed by atoms with Crippen LogP contribution in [-0.4, -0.2) is 38.8 Å². The van der Waals surface area contributed by atoms with Crippen LogP contribution in [0.1, 0.15) is 16.8 Å². The zero-order valence-corrected chi connectivity index (χ0v) is 12.5. The van der Waals surface area contributed by atoms with E-state index in [-0.39, 0.29) is 0 Å². The van der Waals surface area contributed by atoms with Gasteiger partial charge in [-0.2, -0.15) is 0 Å². The molecule has 19 heavy (non-hydrogen) atoms. The van der Waals surface area contributed by atoms with Crippen molar-refractivity contribution in [2.45, 2.75) is 20.4 Å². The monoisotopic (exact) mass is 263 g/mol. The second-order valence-corrected chi connectivity index (χ2v) is 4.64. The van der Waals surface area contributed by atoms with Crippen LogP contribution >= 0.6 is 0 Å². The molecular formula is C15H25N3O. The van der Waals surface area contributed by atoms with Crippen molar-refractivity contribution in [2.24, 2.45) is 0 Å². The van der Waals surface area contributed by atoms with Gasteiger partial charge in [0.05, 0.1) is 6.61 Å². The van der Waals surface area contributed by atoms with Crippen molar-refractivity contribution in [3.63, 3.8) is 0 Å². The molecule has 1 aromatic rings. The average molecular weight is 263 g/mol. The molecule has 0 saturated carbocycles. The predicted octanol–water partition coefficient (Wildman–Crippen LogP) is 2.06. The fourth-order valence-corrected chi connectivity index (χ4v) is 2.14. The van der Waals surface area contributed by atoms with E-state index >= 15 is 0 Å². The molecule has 1 N–H and O–H groups in total. The van der Waals surface area contributed by atoms with Crippen molar-refractivity contribution < 1.29 is 4.74 Å². The van der Waals surface area contributed by atoms with Crippen molar-refractivity contribution >= 4 is 5.82 Å². The van der Waals surface area contributed by atoms with E-state index in [1.54, 1.807) is 7.11 Å². The maximum atomic E-state index is 5.18. The van der Waals surface area contributed by atoms with Gasteiger partial charge in [0.15, 0.2) is 0 Å². The molecule has 0 aliphatic carbocycles. The van der Waals surface area contributed by atoms with E-state index in [1.807, 2.05) is 20.0 Å². The van der Waals surface area contributed by atoms with Crippen LogP contribution in [0.2, 0.25) is 0 Å². The normalized spacial score (nSPS) is 10.5. The van der Waals surface area contributed by atoms with Crippen molar-refractivity contribution in [2.75, 3.05) is 38.8 Å². The van der Waals surface area contributed by atoms with Gasteiger partial charge in [0, 0.05) is 38.0 Å². The van der Waals surface area contributed by atoms with Gasteiger partial charge < -0.3 is 15.0 Å². The minimum Gasteiger partial charge on any atom is -0.383 e. The Labute approximate surface area is 116 Å². The van der Waals surface area contributed by atoms with Crippen molar-refractivity contribution in [1.82, 2.24) is 10.3 Å². The van der Waals surface area contributed by atoms with E-state index in [9.17, 15) is 0 Å². The molecule has 1 heterocycles. The Hall–Kier alpha value is -1.39. The van der Waals surface area contributed by atoms with Crippen LogP contribution in [0.25, 0.3) is 0 Å². The van der Waals surface area contributed by atoms with Gasteiger partial charge in [-0.15, -0.1) is 6.58 Å². The number of hydrogen-bond donors (Lipinski definition) is 1. The van der Waals surface area contributed by atoms with Gasteiger partial charge in [-0.1, -0.05) is 6.08 Å². The second kappa shape index (κ2) is 7.92. The number of anilines is 1. The maximum absolute atomic E-state index is 5.18. The van der Waals surface area contributed by atoms with E-state index < -0.39 is 0 Å². The molecule has 0 aromatic carbocycles. The Morgan fingerprint density at radius 3 is 2.79 bits per heavy atom. The summed E-state index contributed by atoms with van der Waals surface area (Å²) in [5, 5.41) is 3.21. The topological polar surface area (TPSA) is 37.4 Å². The van der Waals surface area contributed by atoms with Crippen LogP contribution in [-0.2, 0) is 11.3 Å². The zero-order chi connectivity index (χ0) is 14.3. The Kier molecular flexibility index (Phi) is 6.53. The lowest BCUT2D eigenvalue weighted by molar-refractivity contribution is 0.205. The summed E-state index contributed by atoms with van der Waals surface area (Å²) in [6, 6.07) is 2.12. The van der Waals surface area contributed by atoms with Crippen LogP contribution < -0.4 is 10.2 Å². The lowest BCUT2D eigenvalue weighted by Gasteiger charge is -2.26. The lowest BCUT2D eigenvalue weighted by Crippen LogP contribution is -2.30. The van der Waals surface area contributed by atoms with Crippen molar-refractivity contribution in [3.05, 3.63) is 35.5 Å². The van der Waals surface area contributed by atoms with E-state index in [0.717, 1.165) is 31.1 Å². The largest absolute Gasteiger partial charge is 0.383 e. The van der Waals surface area contributed by atoms with E-state index in [2.05, 4.69) is 29.8 Å². The number of ether oxygens (including phenoxy) is 1. The van der Waals surface area contributed by atoms with Crippen LogP contribution in [0.4, 0.5) is 5.82 Å². The quantitative estimate of drug-likeness (QED) is 0.729. The first-order valence-corrected chi connectivity index (χ1v) is 6.60. The molecule has 106 valence electrons. The minimum atomic E-state index is 0.682. The third-order valence-corrected chi connectivity index (χ3v) is 3.02. The zero-order valence-electron chi connectivity index (χ0n) is 12.5. The minimum absolute atomic E-state index is 0.682. The summed E-state index contributed by atoms with van der Waals surface area (Å²) < 4.78 is 5.18. The molecule has 0 unspecified atom stereocenters. The molecule has 0 amide bonds. The van der Waals surface area contributed by atoms with Crippen LogP contribution in [0.5, 0.6) is 0 Å². The summed E-state index contributed by atoms with van der Waals surface area (Å²) in [5.74, 6) is 1.03. The Morgan fingerprint density at radius 1 is 1.47 bits per heavy atom. The maximum Gasteiger partial charge on any atom is 0.133 e. The number of nitrogens with zero attached hydrogens (tertiary/aromatic N) is 2. The van der Waals surface area contributed by atoms with Gasteiger partial charge in [-0.3, -0.25) is 0 Å². The van der Waals surface area contributed by atoms with Gasteiger partial charge in [-0.05, 0) is 32.5 Å². The molecule has 1 rings (SSSR count). The smallest absolute Gasteiger partial charge is 0.133 e. The van der Waals surface area contributed by atoms with E-state index in [0.29, 0.717) is 6.61 Å². The van der Waals surface area contributed by atoms with Crippen molar-refractivity contribution in [3.8, 4) is 0 Å². The van der Waals surface area contributed by atoms with E-state index in [4.69, 9.17) is 9.72 Å². The highest BCUT2D eigenvalue weighted by Gasteiger charge is 2.14. The number of pyridine rings is 1. The third kappa shape index (κ3) is 4.33. The number of rotatable bonds is 8. The van der Waals surface area contributed by atoms with Gasteiger partial charge >= 0.3 is 0 Å². The van der Waals surface area contributed by atoms with Crippen LogP contribution in [0.3, 0.4) is 0 Å². The fourth-order valence-electron chi connectivity index (χ4n) is 2.14. The SMILES string of the molecule is C=CCN(CCOC)c1nc(C)cc(C)c1CNC. The molecule has 0 spiro atoms. The third-order valence-electron chi connectivity index (χ3n) is 3.02. The van der Waals surface area contributed by atoms with Crippen LogP contribution in [0.15, 0.2) is 18.7 Å². The molecule has 0 aliphatic heterocycles. The molecule has 4 heteroatoms. The highest BCUT2D eigenvalue weighted by Crippen LogP contribution is 2.22. The summed E-state index contributed by atoms with van der Waals surface area (Å²) in [6.45, 7) is 11.1. The van der Waals surface area contributed by atoms with Gasteiger partial charge in [0.25, 0.3) is 0 Å². The molecule has 0 radical (unpaired) electrons. The lowest BCUT2D eigenvalue weighted by atomic mass is 10.1. The molecule has 1 aromatic heterocycles. The first-order valence-electron chi connectivity index (χ1n) is 6.60. The van der Waals surface area contributed by atoms with Gasteiger partial charge in [0.1, 0.15) is 5.82 Å². The Morgan fingerprint density at radius 2 is 2.21 bits per heavy atom. The standard InChI is InChI=1S/C15H25N3O/c1-6-7-18(8-9-19-5)15-14(11-16-4)12(2)10-13(3)17-15/h6,10,16H,1,7-9,11H2,2-5H3. The Bertz CT molecular complexity index is 418. The highest BCUT2D eigenvalue weighted by atomic mass is 16.5. The number of hydrogen-bond acceptors (Lipinski definition) is 4. The molecule has 0 atom stereocenters. The van der Waals surface area contributed by atoms with E-state index in [1.165, 1.54) is 11.1 Å². The summed E-state index contributed by atoms with van der Waals surface area (Å²) in [5.41, 5.74) is 3.55. The molecular weight excluding hydrogens is 238 g/mol. The summed E-state index contributed by atoms with van der Waals surface area (Å²) in [6.07, 6.45) is 1.90. The second-order valence-electron chi connectivity index (χ2n) is 4.64. The summed E-state index contributed by atoms with van der Waals surface area (Å²) in [7, 11) is 3.67. The fraction of sp³-hybridized carbons (Fsp3) is 0.533. The molecule has 0 saturated heterocycles. The molecule has 0 bridgehead atoms. The number of nitrogens with one attached hydrogen (secondary N) is 1. The molecule has 4 nitrogen and oxygen atoms in total. The summed E-state index contributed by atoms with van der Waals surface area (Å²) >= 11 is 0. The van der Waals surface area contributed by atoms with Crippen LogP contribution in [0, 0.1) is 13.8 Å². The first-order chi connectivity index (χ1) is 9.13. The molecule has 0 aliphatic rings. The predicted molar refractivity (Wildman–Crippen MR) is 80.8 cm³/mol. The number of aryl methyl sites for hydroxylation is 2. The number of aromatic nitrogens is 1. The van der Waals surface area contributed by atoms with Gasteiger partial charge in [0.2, 0.25) is 0 Å². The first kappa shape index (κ1) is 15.7. The van der Waals surface area contributed by atoms with Gasteiger partial charge in [-0.25, -0.2) is 4.98 Å².